The molecule has 0 aliphatic heterocycles. The average molecular weight is 339 g/mol. The van der Waals surface area contributed by atoms with Crippen molar-refractivity contribution in [2.24, 2.45) is 4.99 Å². The van der Waals surface area contributed by atoms with Crippen molar-refractivity contribution >= 4 is 17.7 Å². The van der Waals surface area contributed by atoms with Gasteiger partial charge in [-0.25, -0.2) is 9.38 Å². The zero-order chi connectivity index (χ0) is 16.7. The van der Waals surface area contributed by atoms with E-state index in [0.717, 1.165) is 41.9 Å². The van der Waals surface area contributed by atoms with E-state index in [1.54, 1.807) is 6.07 Å². The van der Waals surface area contributed by atoms with Gasteiger partial charge in [-0.15, -0.1) is 0 Å². The van der Waals surface area contributed by atoms with Gasteiger partial charge in [-0.3, -0.25) is 0 Å². The summed E-state index contributed by atoms with van der Waals surface area (Å²) in [5.41, 5.74) is 0.739. The number of hydrogen-bond donors (Lipinski definition) is 3. The van der Waals surface area contributed by atoms with E-state index >= 15 is 0 Å². The van der Waals surface area contributed by atoms with Crippen LogP contribution in [0, 0.1) is 5.82 Å². The van der Waals surface area contributed by atoms with E-state index in [0.29, 0.717) is 12.6 Å². The van der Waals surface area contributed by atoms with Gasteiger partial charge < -0.3 is 15.7 Å². The standard InChI is InChI=1S/C17H26FN3OS/c1-3-19-17(21-13-6-7-14(10-13)23-4-2)20-11-12-5-8-16(22)15(18)9-12/h5,8-9,13-14,22H,3-4,6-7,10-11H2,1-2H3,(H2,19,20,21). The number of thioether (sulfide) groups is 1. The molecule has 0 saturated heterocycles. The first kappa shape index (κ1) is 17.9. The fourth-order valence-electron chi connectivity index (χ4n) is 2.79. The van der Waals surface area contributed by atoms with Crippen molar-refractivity contribution in [3.05, 3.63) is 29.6 Å². The number of nitrogens with one attached hydrogen (secondary N) is 2. The fourth-order valence-corrected chi connectivity index (χ4v) is 3.93. The van der Waals surface area contributed by atoms with Crippen LogP contribution in [0.1, 0.15) is 38.7 Å². The Morgan fingerprint density at radius 3 is 2.91 bits per heavy atom. The zero-order valence-electron chi connectivity index (χ0n) is 13.8. The Balaban J connectivity index is 1.93. The molecule has 4 nitrogen and oxygen atoms in total. The Hall–Kier alpha value is -1.43. The van der Waals surface area contributed by atoms with E-state index in [1.165, 1.54) is 18.6 Å². The van der Waals surface area contributed by atoms with Crippen molar-refractivity contribution in [1.82, 2.24) is 10.6 Å². The third kappa shape index (κ3) is 5.61. The monoisotopic (exact) mass is 339 g/mol. The summed E-state index contributed by atoms with van der Waals surface area (Å²) in [6.07, 6.45) is 3.57. The van der Waals surface area contributed by atoms with Gasteiger partial charge in [0.25, 0.3) is 0 Å². The van der Waals surface area contributed by atoms with Crippen molar-refractivity contribution in [3.8, 4) is 5.75 Å². The second kappa shape index (κ2) is 9.01. The summed E-state index contributed by atoms with van der Waals surface area (Å²) in [5, 5.41) is 16.7. The van der Waals surface area contributed by atoms with E-state index in [1.807, 2.05) is 18.7 Å². The number of guanidine groups is 1. The van der Waals surface area contributed by atoms with Crippen LogP contribution < -0.4 is 10.6 Å². The number of phenolic OH excluding ortho intramolecular Hbond substituents is 1. The van der Waals surface area contributed by atoms with Crippen LogP contribution >= 0.6 is 11.8 Å². The van der Waals surface area contributed by atoms with Crippen LogP contribution in [-0.4, -0.2) is 34.7 Å². The lowest BCUT2D eigenvalue weighted by Crippen LogP contribution is -2.42. The fraction of sp³-hybridized carbons (Fsp3) is 0.588. The molecule has 1 aliphatic rings. The van der Waals surface area contributed by atoms with Crippen LogP contribution in [-0.2, 0) is 6.54 Å². The minimum atomic E-state index is -0.606. The number of aromatic hydroxyl groups is 1. The summed E-state index contributed by atoms with van der Waals surface area (Å²) in [6, 6.07) is 4.83. The first-order valence-electron chi connectivity index (χ1n) is 8.26. The summed E-state index contributed by atoms with van der Waals surface area (Å²) in [4.78, 5) is 4.53. The van der Waals surface area contributed by atoms with Crippen molar-refractivity contribution in [2.45, 2.75) is 50.9 Å². The van der Waals surface area contributed by atoms with Crippen molar-refractivity contribution in [3.63, 3.8) is 0 Å². The molecule has 0 spiro atoms. The number of halogens is 1. The summed E-state index contributed by atoms with van der Waals surface area (Å²) >= 11 is 2.03. The number of hydrogen-bond acceptors (Lipinski definition) is 3. The molecular formula is C17H26FN3OS. The maximum absolute atomic E-state index is 13.4. The highest BCUT2D eigenvalue weighted by atomic mass is 32.2. The number of benzene rings is 1. The molecule has 0 amide bonds. The number of phenols is 1. The lowest BCUT2D eigenvalue weighted by atomic mass is 10.2. The Morgan fingerprint density at radius 2 is 2.22 bits per heavy atom. The van der Waals surface area contributed by atoms with E-state index in [2.05, 4.69) is 22.5 Å². The third-order valence-electron chi connectivity index (χ3n) is 3.90. The van der Waals surface area contributed by atoms with Crippen molar-refractivity contribution in [1.29, 1.82) is 0 Å². The highest BCUT2D eigenvalue weighted by molar-refractivity contribution is 7.99. The SMILES string of the molecule is CCNC(=NCc1ccc(O)c(F)c1)NC1CCC(SCC)C1. The minimum Gasteiger partial charge on any atom is -0.505 e. The molecule has 2 unspecified atom stereocenters. The predicted octanol–water partition coefficient (Wildman–Crippen LogP) is 3.26. The summed E-state index contributed by atoms with van der Waals surface area (Å²) in [6.45, 7) is 5.40. The van der Waals surface area contributed by atoms with Crippen LogP contribution in [0.5, 0.6) is 5.75 Å². The smallest absolute Gasteiger partial charge is 0.191 e. The summed E-state index contributed by atoms with van der Waals surface area (Å²) < 4.78 is 13.4. The molecule has 2 rings (SSSR count). The van der Waals surface area contributed by atoms with Crippen LogP contribution in [0.2, 0.25) is 0 Å². The van der Waals surface area contributed by atoms with Crippen LogP contribution in [0.15, 0.2) is 23.2 Å². The van der Waals surface area contributed by atoms with Gasteiger partial charge in [-0.1, -0.05) is 13.0 Å². The molecule has 1 aromatic carbocycles. The highest BCUT2D eigenvalue weighted by Gasteiger charge is 2.25. The van der Waals surface area contributed by atoms with E-state index in [9.17, 15) is 9.50 Å². The van der Waals surface area contributed by atoms with Gasteiger partial charge in [0.15, 0.2) is 17.5 Å². The lowest BCUT2D eigenvalue weighted by molar-refractivity contribution is 0.432. The van der Waals surface area contributed by atoms with Crippen molar-refractivity contribution in [2.75, 3.05) is 12.3 Å². The van der Waals surface area contributed by atoms with E-state index in [-0.39, 0.29) is 5.75 Å². The Labute approximate surface area is 142 Å². The van der Waals surface area contributed by atoms with Gasteiger partial charge in [0.05, 0.1) is 6.54 Å². The molecule has 0 aromatic heterocycles. The molecule has 1 saturated carbocycles. The second-order valence-corrected chi connectivity index (χ2v) is 7.29. The maximum atomic E-state index is 13.4. The first-order chi connectivity index (χ1) is 11.1. The molecule has 0 radical (unpaired) electrons. The molecule has 0 heterocycles. The van der Waals surface area contributed by atoms with Crippen LogP contribution in [0.25, 0.3) is 0 Å². The third-order valence-corrected chi connectivity index (χ3v) is 5.14. The van der Waals surface area contributed by atoms with Gasteiger partial charge in [-0.05, 0) is 49.6 Å². The van der Waals surface area contributed by atoms with E-state index in [4.69, 9.17) is 0 Å². The Kier molecular flexibility index (Phi) is 7.02. The van der Waals surface area contributed by atoms with Gasteiger partial charge in [0.2, 0.25) is 0 Å². The molecule has 3 N–H and O–H groups in total. The first-order valence-corrected chi connectivity index (χ1v) is 9.31. The zero-order valence-corrected chi connectivity index (χ0v) is 14.6. The Morgan fingerprint density at radius 1 is 1.39 bits per heavy atom. The van der Waals surface area contributed by atoms with Crippen LogP contribution in [0.3, 0.4) is 0 Å². The highest BCUT2D eigenvalue weighted by Crippen LogP contribution is 2.29. The number of nitrogens with zero attached hydrogens (tertiary/aromatic N) is 1. The number of aliphatic imine (C=N–C) groups is 1. The van der Waals surface area contributed by atoms with Crippen molar-refractivity contribution < 1.29 is 9.50 Å². The quantitative estimate of drug-likeness (QED) is 0.550. The lowest BCUT2D eigenvalue weighted by Gasteiger charge is -2.17. The minimum absolute atomic E-state index is 0.326. The Bertz CT molecular complexity index is 539. The topological polar surface area (TPSA) is 56.7 Å². The maximum Gasteiger partial charge on any atom is 0.191 e. The second-order valence-electron chi connectivity index (χ2n) is 5.71. The molecule has 1 fully saturated rings. The number of rotatable bonds is 6. The molecule has 128 valence electrons. The summed E-state index contributed by atoms with van der Waals surface area (Å²) in [7, 11) is 0. The predicted molar refractivity (Wildman–Crippen MR) is 95.6 cm³/mol. The average Bonchev–Trinajstić information content (AvgIpc) is 2.96. The molecular weight excluding hydrogens is 313 g/mol. The largest absolute Gasteiger partial charge is 0.505 e. The molecule has 1 aromatic rings. The van der Waals surface area contributed by atoms with Gasteiger partial charge >= 0.3 is 0 Å². The molecule has 6 heteroatoms. The van der Waals surface area contributed by atoms with Gasteiger partial charge in [-0.2, -0.15) is 11.8 Å². The molecule has 23 heavy (non-hydrogen) atoms. The van der Waals surface area contributed by atoms with Gasteiger partial charge in [0, 0.05) is 17.8 Å². The molecule has 1 aliphatic carbocycles. The summed E-state index contributed by atoms with van der Waals surface area (Å²) in [5.74, 6) is 1.00. The van der Waals surface area contributed by atoms with Gasteiger partial charge in [0.1, 0.15) is 0 Å². The van der Waals surface area contributed by atoms with Crippen LogP contribution in [0.4, 0.5) is 4.39 Å². The normalized spacial score (nSPS) is 21.4. The van der Waals surface area contributed by atoms with E-state index < -0.39 is 5.82 Å². The molecule has 0 bridgehead atoms. The molecule has 2 atom stereocenters.